The van der Waals surface area contributed by atoms with Gasteiger partial charge in [0.15, 0.2) is 6.29 Å². The summed E-state index contributed by atoms with van der Waals surface area (Å²) in [6.45, 7) is 1.16. The van der Waals surface area contributed by atoms with Gasteiger partial charge in [0.05, 0.1) is 19.3 Å². The van der Waals surface area contributed by atoms with Gasteiger partial charge in [0, 0.05) is 30.1 Å². The smallest absolute Gasteiger partial charge is 0.229 e. The number of amides is 1. The van der Waals surface area contributed by atoms with Crippen molar-refractivity contribution in [2.45, 2.75) is 151 Å². The lowest BCUT2D eigenvalue weighted by molar-refractivity contribution is -0.323. The van der Waals surface area contributed by atoms with Gasteiger partial charge in [-0.05, 0) is 82.1 Å². The summed E-state index contributed by atoms with van der Waals surface area (Å²) < 4.78 is 22.5. The van der Waals surface area contributed by atoms with Crippen molar-refractivity contribution in [2.24, 2.45) is 0 Å². The Morgan fingerprint density at radius 1 is 0.836 bits per heavy atom. The van der Waals surface area contributed by atoms with Gasteiger partial charge in [0.1, 0.15) is 54.6 Å². The van der Waals surface area contributed by atoms with E-state index in [4.69, 9.17) is 18.9 Å². The van der Waals surface area contributed by atoms with Crippen LogP contribution in [-0.2, 0) is 25.4 Å². The third-order valence-electron chi connectivity index (χ3n) is 10.0. The maximum atomic E-state index is 12.5. The molecule has 11 atom stereocenters. The van der Waals surface area contributed by atoms with Gasteiger partial charge in [-0.2, -0.15) is 0 Å². The van der Waals surface area contributed by atoms with Crippen molar-refractivity contribution in [3.63, 3.8) is 0 Å². The molecule has 2 aliphatic heterocycles. The van der Waals surface area contributed by atoms with E-state index < -0.39 is 74.6 Å². The lowest BCUT2D eigenvalue weighted by Crippen LogP contribution is -2.62. The Balaban J connectivity index is 1.15. The molecular formula is C40H62N2O13. The number of aliphatic hydroxyl groups is 8. The highest BCUT2D eigenvalue weighted by Gasteiger charge is 2.48. The maximum Gasteiger partial charge on any atom is 0.229 e. The van der Waals surface area contributed by atoms with Crippen LogP contribution in [0.25, 0.3) is 10.9 Å². The summed E-state index contributed by atoms with van der Waals surface area (Å²) in [4.78, 5) is 15.7. The molecule has 10 N–H and O–H groups in total. The molecule has 15 nitrogen and oxygen atoms in total. The van der Waals surface area contributed by atoms with Crippen molar-refractivity contribution in [1.82, 2.24) is 10.3 Å². The third kappa shape index (κ3) is 13.9. The summed E-state index contributed by atoms with van der Waals surface area (Å²) in [7, 11) is 0. The zero-order chi connectivity index (χ0) is 39.7. The number of aliphatic hydroxyl groups excluding tert-OH is 8. The number of carbonyl (C=O) groups is 1. The van der Waals surface area contributed by atoms with Crippen LogP contribution in [0.1, 0.15) is 83.1 Å². The minimum absolute atomic E-state index is 0.00379. The zero-order valence-electron chi connectivity index (χ0n) is 31.7. The first kappa shape index (κ1) is 44.8. The molecule has 1 amide bonds. The fourth-order valence-corrected chi connectivity index (χ4v) is 6.65. The zero-order valence-corrected chi connectivity index (χ0v) is 31.7. The van der Waals surface area contributed by atoms with Gasteiger partial charge in [0.25, 0.3) is 0 Å². The van der Waals surface area contributed by atoms with Crippen LogP contribution in [0.4, 0.5) is 0 Å². The predicted octanol–water partition coefficient (Wildman–Crippen LogP) is 1.61. The predicted molar refractivity (Wildman–Crippen MR) is 203 cm³/mol. The second-order valence-electron chi connectivity index (χ2n) is 14.5. The van der Waals surface area contributed by atoms with E-state index in [0.717, 1.165) is 61.4 Å². The summed E-state index contributed by atoms with van der Waals surface area (Å²) in [6.07, 6.45) is 6.43. The molecule has 0 spiro atoms. The summed E-state index contributed by atoms with van der Waals surface area (Å²) in [6, 6.07) is 5.17. The second-order valence-corrected chi connectivity index (χ2v) is 14.5. The van der Waals surface area contributed by atoms with Crippen molar-refractivity contribution >= 4 is 16.8 Å². The summed E-state index contributed by atoms with van der Waals surface area (Å²) in [5.74, 6) is 0.301. The van der Waals surface area contributed by atoms with E-state index in [-0.39, 0.29) is 12.0 Å². The number of carbonyl (C=O) groups excluding carboxylic acids is 1. The van der Waals surface area contributed by atoms with Crippen molar-refractivity contribution < 1.29 is 64.6 Å². The quantitative estimate of drug-likeness (QED) is 0.0571. The van der Waals surface area contributed by atoms with Gasteiger partial charge >= 0.3 is 0 Å². The molecule has 3 heterocycles. The largest absolute Gasteiger partial charge is 0.462 e. The number of ether oxygens (including phenoxy) is 4. The fourth-order valence-electron chi connectivity index (χ4n) is 6.65. The normalized spacial score (nSPS) is 29.3. The molecule has 1 aromatic carbocycles. The maximum absolute atomic E-state index is 12.5. The third-order valence-corrected chi connectivity index (χ3v) is 10.0. The Bertz CT molecular complexity index is 1470. The van der Waals surface area contributed by atoms with E-state index in [0.29, 0.717) is 25.1 Å². The number of benzene rings is 1. The molecule has 2 fully saturated rings. The van der Waals surface area contributed by atoms with Gasteiger partial charge in [-0.1, -0.05) is 43.6 Å². The van der Waals surface area contributed by atoms with Crippen LogP contribution >= 0.6 is 0 Å². The average Bonchev–Trinajstić information content (AvgIpc) is 3.57. The van der Waals surface area contributed by atoms with E-state index in [1.165, 1.54) is 19.3 Å². The molecule has 55 heavy (non-hydrogen) atoms. The molecule has 1 unspecified atom stereocenters. The number of hydrogen-bond acceptors (Lipinski definition) is 13. The number of rotatable bonds is 23. The number of unbranched alkanes of at least 4 members (excludes halogenated alkanes) is 6. The first-order valence-corrected chi connectivity index (χ1v) is 19.6. The molecule has 2 aromatic rings. The Labute approximate surface area is 322 Å². The van der Waals surface area contributed by atoms with Crippen LogP contribution in [0.5, 0.6) is 5.75 Å². The van der Waals surface area contributed by atoms with Crippen molar-refractivity contribution in [3.8, 4) is 5.75 Å². The number of aromatic nitrogens is 1. The first-order chi connectivity index (χ1) is 26.5. The Kier molecular flexibility index (Phi) is 19.0. The van der Waals surface area contributed by atoms with E-state index in [2.05, 4.69) is 34.6 Å². The van der Waals surface area contributed by atoms with Gasteiger partial charge in [-0.15, -0.1) is 0 Å². The van der Waals surface area contributed by atoms with E-state index in [1.807, 2.05) is 13.1 Å². The molecule has 4 rings (SSSR count). The highest BCUT2D eigenvalue weighted by Crippen LogP contribution is 2.29. The highest BCUT2D eigenvalue weighted by molar-refractivity contribution is 5.84. The highest BCUT2D eigenvalue weighted by atomic mass is 16.7. The average molecular weight is 779 g/mol. The number of nitrogens with one attached hydrogen (secondary N) is 2. The van der Waals surface area contributed by atoms with E-state index in [9.17, 15) is 45.6 Å². The minimum atomic E-state index is -1.68. The molecule has 1 aromatic heterocycles. The second kappa shape index (κ2) is 23.3. The lowest BCUT2D eigenvalue weighted by atomic mass is 9.98. The molecule has 2 aliphatic rings. The first-order valence-electron chi connectivity index (χ1n) is 19.6. The molecule has 0 saturated carbocycles. The lowest BCUT2D eigenvalue weighted by Gasteiger charge is -2.42. The van der Waals surface area contributed by atoms with Crippen molar-refractivity contribution in [3.05, 3.63) is 54.3 Å². The van der Waals surface area contributed by atoms with Crippen LogP contribution in [0.15, 0.2) is 48.7 Å². The number of hydrogen-bond donors (Lipinski definition) is 10. The number of H-pyrrole nitrogens is 1. The van der Waals surface area contributed by atoms with E-state index >= 15 is 0 Å². The Morgan fingerprint density at radius 3 is 2.20 bits per heavy atom. The topological polar surface area (TPSA) is 244 Å². The van der Waals surface area contributed by atoms with E-state index in [1.54, 1.807) is 18.2 Å². The summed E-state index contributed by atoms with van der Waals surface area (Å²) >= 11 is 0. The van der Waals surface area contributed by atoms with Crippen LogP contribution in [-0.4, -0.2) is 139 Å². The molecule has 310 valence electrons. The fraction of sp³-hybridized carbons (Fsp3) is 0.675. The van der Waals surface area contributed by atoms with Crippen LogP contribution < -0.4 is 10.1 Å². The number of aromatic amines is 1. The van der Waals surface area contributed by atoms with Crippen molar-refractivity contribution in [1.29, 1.82) is 0 Å². The minimum Gasteiger partial charge on any atom is -0.462 e. The summed E-state index contributed by atoms with van der Waals surface area (Å²) in [5, 5.41) is 84.6. The molecule has 15 heteroatoms. The number of allylic oxidation sites excluding steroid dienone is 4. The monoisotopic (exact) mass is 778 g/mol. The van der Waals surface area contributed by atoms with Gasteiger partial charge in [-0.3, -0.25) is 4.79 Å². The number of fused-ring (bicyclic) bond motifs is 1. The molecule has 0 aliphatic carbocycles. The molecule has 0 bridgehead atoms. The van der Waals surface area contributed by atoms with Crippen LogP contribution in [0.2, 0.25) is 0 Å². The Morgan fingerprint density at radius 2 is 1.49 bits per heavy atom. The molecular weight excluding hydrogens is 716 g/mol. The van der Waals surface area contributed by atoms with Crippen LogP contribution in [0.3, 0.4) is 0 Å². The summed E-state index contributed by atoms with van der Waals surface area (Å²) in [5.41, 5.74) is 1.75. The van der Waals surface area contributed by atoms with Crippen LogP contribution in [0, 0.1) is 0 Å². The molecule has 2 saturated heterocycles. The van der Waals surface area contributed by atoms with Crippen molar-refractivity contribution in [2.75, 3.05) is 19.8 Å². The van der Waals surface area contributed by atoms with Gasteiger partial charge in [-0.25, -0.2) is 0 Å². The van der Waals surface area contributed by atoms with Gasteiger partial charge in [0.2, 0.25) is 12.2 Å². The SMILES string of the molecule is C[C@@H](O)CCCCCC/C=C\C/C=C\CCCCC(=O)NCCc1c[nH]c2ccc(O[C@@H]3O[C@H](COC4O[C@H](CO)[C@@H](O)[C@@H](O)[C@H]4O)[C@@H](O)[C@@H](O)[C@@H]3O)cc12. The molecule has 0 radical (unpaired) electrons. The van der Waals surface area contributed by atoms with Gasteiger partial charge < -0.3 is 70.1 Å². The standard InChI is InChI=1S/C40H62N2O13/c1-25(44)15-13-11-9-7-5-3-2-4-6-8-10-12-14-16-32(45)41-20-19-26-22-42-29-18-17-27(21-28(26)29)53-40-38(51)36(49)34(47)31(55-40)24-52-39-37(50)35(48)33(46)30(23-43)54-39/h2-3,6,8,17-18,21-22,25,30-31,33-40,42-44,46-51H,4-5,7,9-16,19-20,23-24H2,1H3,(H,41,45)/b3-2-,8-6-/t25-,30-,31-,33-,34-,35-,36-,37-,38+,39?,40-/m1/s1. The Hall–Kier alpha value is -2.93.